The second-order valence-corrected chi connectivity index (χ2v) is 9.51. The number of methoxy groups -OCH3 is 1. The first-order chi connectivity index (χ1) is 15.4. The minimum Gasteiger partial charge on any atom is -0.455 e. The number of carbonyl (C=O) groups excluding carboxylic acids is 1. The molecule has 1 aliphatic carbocycles. The SMILES string of the molecule is CCCC[C@]1(C)CCc2ccccc2[C@H]1OC(=O)[C@](C)(OC)c1cccc2ccccc12. The average Bonchev–Trinajstić information content (AvgIpc) is 2.83. The molecule has 3 heteroatoms. The van der Waals surface area contributed by atoms with E-state index in [1.165, 1.54) is 5.56 Å². The molecule has 3 aromatic carbocycles. The molecule has 0 aliphatic heterocycles. The van der Waals surface area contributed by atoms with Gasteiger partial charge >= 0.3 is 5.97 Å². The Balaban J connectivity index is 1.74. The van der Waals surface area contributed by atoms with Crippen molar-refractivity contribution >= 4 is 16.7 Å². The number of rotatable bonds is 7. The van der Waals surface area contributed by atoms with Crippen LogP contribution in [0.2, 0.25) is 0 Å². The van der Waals surface area contributed by atoms with Gasteiger partial charge in [-0.2, -0.15) is 0 Å². The number of fused-ring (bicyclic) bond motifs is 2. The Morgan fingerprint density at radius 1 is 1.06 bits per heavy atom. The number of esters is 1. The van der Waals surface area contributed by atoms with Gasteiger partial charge in [-0.1, -0.05) is 93.4 Å². The molecule has 0 saturated heterocycles. The van der Waals surface area contributed by atoms with Crippen LogP contribution in [-0.4, -0.2) is 13.1 Å². The highest BCUT2D eigenvalue weighted by Crippen LogP contribution is 2.50. The van der Waals surface area contributed by atoms with E-state index in [0.717, 1.165) is 54.0 Å². The summed E-state index contributed by atoms with van der Waals surface area (Å²) in [6.07, 6.45) is 5.04. The van der Waals surface area contributed by atoms with Gasteiger partial charge in [0.05, 0.1) is 0 Å². The highest BCUT2D eigenvalue weighted by atomic mass is 16.6. The predicted molar refractivity (Wildman–Crippen MR) is 130 cm³/mol. The molecule has 0 saturated carbocycles. The monoisotopic (exact) mass is 430 g/mol. The van der Waals surface area contributed by atoms with Crippen LogP contribution in [0, 0.1) is 5.41 Å². The molecule has 0 unspecified atom stereocenters. The van der Waals surface area contributed by atoms with Gasteiger partial charge in [-0.15, -0.1) is 0 Å². The van der Waals surface area contributed by atoms with Gasteiger partial charge in [0.1, 0.15) is 6.10 Å². The van der Waals surface area contributed by atoms with Gasteiger partial charge in [-0.05, 0) is 48.1 Å². The largest absolute Gasteiger partial charge is 0.455 e. The summed E-state index contributed by atoms with van der Waals surface area (Å²) in [7, 11) is 1.59. The van der Waals surface area contributed by atoms with Crippen molar-refractivity contribution in [2.75, 3.05) is 7.11 Å². The van der Waals surface area contributed by atoms with Gasteiger partial charge in [0.2, 0.25) is 0 Å². The van der Waals surface area contributed by atoms with Crippen molar-refractivity contribution in [3.05, 3.63) is 83.4 Å². The quantitative estimate of drug-likeness (QED) is 0.374. The van der Waals surface area contributed by atoms with Crippen LogP contribution < -0.4 is 0 Å². The topological polar surface area (TPSA) is 35.5 Å². The Bertz CT molecular complexity index is 1100. The molecule has 0 spiro atoms. The van der Waals surface area contributed by atoms with E-state index in [0.29, 0.717) is 0 Å². The van der Waals surface area contributed by atoms with Crippen LogP contribution in [0.1, 0.15) is 69.2 Å². The van der Waals surface area contributed by atoms with Gasteiger partial charge in [-0.3, -0.25) is 0 Å². The fourth-order valence-corrected chi connectivity index (χ4v) is 5.15. The van der Waals surface area contributed by atoms with E-state index < -0.39 is 5.60 Å². The lowest BCUT2D eigenvalue weighted by Gasteiger charge is -2.43. The van der Waals surface area contributed by atoms with Crippen molar-refractivity contribution < 1.29 is 14.3 Å². The van der Waals surface area contributed by atoms with E-state index in [1.807, 2.05) is 43.3 Å². The van der Waals surface area contributed by atoms with Crippen LogP contribution >= 0.6 is 0 Å². The Kier molecular flexibility index (Phi) is 6.39. The molecule has 168 valence electrons. The number of hydrogen-bond donors (Lipinski definition) is 0. The van der Waals surface area contributed by atoms with Crippen molar-refractivity contribution in [2.45, 2.75) is 64.6 Å². The minimum absolute atomic E-state index is 0.0899. The lowest BCUT2D eigenvalue weighted by Crippen LogP contribution is -2.41. The lowest BCUT2D eigenvalue weighted by atomic mass is 9.68. The number of ether oxygens (including phenoxy) is 2. The highest BCUT2D eigenvalue weighted by Gasteiger charge is 2.46. The molecule has 0 bridgehead atoms. The molecule has 0 heterocycles. The first kappa shape index (κ1) is 22.5. The fourth-order valence-electron chi connectivity index (χ4n) is 5.15. The first-order valence-electron chi connectivity index (χ1n) is 11.8. The third-order valence-electron chi connectivity index (χ3n) is 7.36. The van der Waals surface area contributed by atoms with Crippen LogP contribution in [0.15, 0.2) is 66.7 Å². The number of benzene rings is 3. The normalized spacial score (nSPS) is 22.2. The number of carbonyl (C=O) groups is 1. The van der Waals surface area contributed by atoms with Crippen molar-refractivity contribution in [3.8, 4) is 0 Å². The first-order valence-corrected chi connectivity index (χ1v) is 11.8. The summed E-state index contributed by atoms with van der Waals surface area (Å²) in [5.41, 5.74) is 1.97. The lowest BCUT2D eigenvalue weighted by molar-refractivity contribution is -0.183. The third-order valence-corrected chi connectivity index (χ3v) is 7.36. The molecule has 4 rings (SSSR count). The van der Waals surface area contributed by atoms with Gasteiger partial charge in [0.15, 0.2) is 5.60 Å². The van der Waals surface area contributed by atoms with E-state index >= 15 is 0 Å². The Morgan fingerprint density at radius 3 is 2.56 bits per heavy atom. The van der Waals surface area contributed by atoms with Crippen LogP contribution in [0.4, 0.5) is 0 Å². The molecular weight excluding hydrogens is 396 g/mol. The number of aryl methyl sites for hydroxylation is 1. The Hall–Kier alpha value is -2.65. The van der Waals surface area contributed by atoms with Crippen LogP contribution in [0.3, 0.4) is 0 Å². The van der Waals surface area contributed by atoms with E-state index in [2.05, 4.69) is 44.2 Å². The summed E-state index contributed by atoms with van der Waals surface area (Å²) < 4.78 is 12.3. The molecule has 0 aromatic heterocycles. The number of hydrogen-bond acceptors (Lipinski definition) is 3. The predicted octanol–water partition coefficient (Wildman–Crippen LogP) is 7.13. The molecule has 0 radical (unpaired) electrons. The number of unbranched alkanes of at least 4 members (excludes halogenated alkanes) is 1. The van der Waals surface area contributed by atoms with E-state index in [9.17, 15) is 4.79 Å². The maximum absolute atomic E-state index is 13.8. The summed E-state index contributed by atoms with van der Waals surface area (Å²) in [6.45, 7) is 6.32. The van der Waals surface area contributed by atoms with Crippen molar-refractivity contribution in [3.63, 3.8) is 0 Å². The maximum Gasteiger partial charge on any atom is 0.343 e. The second-order valence-electron chi connectivity index (χ2n) is 9.51. The van der Waals surface area contributed by atoms with E-state index in [-0.39, 0.29) is 17.5 Å². The van der Waals surface area contributed by atoms with Crippen molar-refractivity contribution in [1.29, 1.82) is 0 Å². The summed E-state index contributed by atoms with van der Waals surface area (Å²) in [4.78, 5) is 13.8. The van der Waals surface area contributed by atoms with Crippen LogP contribution in [0.5, 0.6) is 0 Å². The van der Waals surface area contributed by atoms with Crippen LogP contribution in [0.25, 0.3) is 10.8 Å². The smallest absolute Gasteiger partial charge is 0.343 e. The van der Waals surface area contributed by atoms with Gasteiger partial charge in [0, 0.05) is 18.1 Å². The molecule has 1 aliphatic rings. The Labute approximate surface area is 191 Å². The summed E-state index contributed by atoms with van der Waals surface area (Å²) in [5, 5.41) is 2.09. The maximum atomic E-state index is 13.8. The molecule has 32 heavy (non-hydrogen) atoms. The van der Waals surface area contributed by atoms with Crippen LogP contribution in [-0.2, 0) is 26.3 Å². The van der Waals surface area contributed by atoms with Gasteiger partial charge in [0.25, 0.3) is 0 Å². The zero-order chi connectivity index (χ0) is 22.8. The molecule has 3 atom stereocenters. The van der Waals surface area contributed by atoms with E-state index in [1.54, 1.807) is 7.11 Å². The molecular formula is C29H34O3. The molecule has 0 amide bonds. The third kappa shape index (κ3) is 3.95. The molecule has 3 nitrogen and oxygen atoms in total. The minimum atomic E-state index is -1.20. The molecule has 0 fully saturated rings. The van der Waals surface area contributed by atoms with E-state index in [4.69, 9.17) is 9.47 Å². The molecule has 3 aromatic rings. The van der Waals surface area contributed by atoms with Gasteiger partial charge in [-0.25, -0.2) is 4.79 Å². The summed E-state index contributed by atoms with van der Waals surface area (Å²) in [6, 6.07) is 22.5. The average molecular weight is 431 g/mol. The highest BCUT2D eigenvalue weighted by molar-refractivity contribution is 5.92. The zero-order valence-corrected chi connectivity index (χ0v) is 19.7. The zero-order valence-electron chi connectivity index (χ0n) is 19.7. The van der Waals surface area contributed by atoms with Crippen molar-refractivity contribution in [1.82, 2.24) is 0 Å². The summed E-state index contributed by atoms with van der Waals surface area (Å²) in [5.74, 6) is -0.333. The van der Waals surface area contributed by atoms with Gasteiger partial charge < -0.3 is 9.47 Å². The second kappa shape index (κ2) is 9.07. The Morgan fingerprint density at radius 2 is 1.78 bits per heavy atom. The molecule has 0 N–H and O–H groups in total. The van der Waals surface area contributed by atoms with Crippen molar-refractivity contribution in [2.24, 2.45) is 5.41 Å². The summed E-state index contributed by atoms with van der Waals surface area (Å²) >= 11 is 0. The fraction of sp³-hybridized carbons (Fsp3) is 0.414. The standard InChI is InChI=1S/C29H34O3/c1-5-6-19-28(2)20-18-22-13-8-10-16-24(22)26(28)32-27(30)29(3,31-4)25-17-11-14-21-12-7-9-15-23(21)25/h7-17,26H,5-6,18-20H2,1-4H3/t26-,28-,29-/m1/s1.